The quantitative estimate of drug-likeness (QED) is 0.583. The van der Waals surface area contributed by atoms with Crippen molar-refractivity contribution < 1.29 is 26.4 Å². The van der Waals surface area contributed by atoms with Gasteiger partial charge >= 0.3 is 6.18 Å². The monoisotopic (exact) mass is 503 g/mol. The van der Waals surface area contributed by atoms with Gasteiger partial charge in [-0.15, -0.1) is 0 Å². The van der Waals surface area contributed by atoms with E-state index in [0.717, 1.165) is 22.9 Å². The Morgan fingerprint density at radius 3 is 2.44 bits per heavy atom. The van der Waals surface area contributed by atoms with Gasteiger partial charge in [0.1, 0.15) is 0 Å². The molecule has 2 fully saturated rings. The topological polar surface area (TPSA) is 83.7 Å². The lowest BCUT2D eigenvalue weighted by Gasteiger charge is -2.35. The minimum Gasteiger partial charge on any atom is -0.320 e. The second-order valence-electron chi connectivity index (χ2n) is 10.4. The number of hydrogen-bond acceptors (Lipinski definition) is 5. The van der Waals surface area contributed by atoms with Gasteiger partial charge in [0.2, 0.25) is 10.0 Å². The molecule has 1 saturated heterocycles. The van der Waals surface area contributed by atoms with Gasteiger partial charge in [-0.1, -0.05) is 32.0 Å². The van der Waals surface area contributed by atoms with Gasteiger partial charge in [0.05, 0.1) is 22.9 Å². The first-order valence-electron chi connectivity index (χ1n) is 11.9. The van der Waals surface area contributed by atoms with Crippen LogP contribution in [0.4, 0.5) is 13.2 Å². The van der Waals surface area contributed by atoms with Gasteiger partial charge in [0.25, 0.3) is 5.91 Å². The first kappa shape index (κ1) is 26.9. The first-order valence-corrected chi connectivity index (χ1v) is 13.4. The molecular weight excluding hydrogens is 467 g/mol. The minimum atomic E-state index is -4.40. The van der Waals surface area contributed by atoms with Gasteiger partial charge in [0.15, 0.2) is 0 Å². The third-order valence-electron chi connectivity index (χ3n) is 6.99. The van der Waals surface area contributed by atoms with E-state index in [2.05, 4.69) is 4.90 Å². The van der Waals surface area contributed by atoms with E-state index in [-0.39, 0.29) is 17.8 Å². The second-order valence-corrected chi connectivity index (χ2v) is 12.8. The lowest BCUT2D eigenvalue weighted by Crippen LogP contribution is -2.55. The van der Waals surface area contributed by atoms with Crippen LogP contribution in [0.25, 0.3) is 0 Å². The molecule has 1 aliphatic carbocycles. The smallest absolute Gasteiger partial charge is 0.320 e. The Bertz CT molecular complexity index is 981. The third-order valence-corrected chi connectivity index (χ3v) is 9.18. The molecule has 3 rings (SSSR count). The minimum absolute atomic E-state index is 0.0606. The Kier molecular flexibility index (Phi) is 8.04. The van der Waals surface area contributed by atoms with E-state index < -0.39 is 45.0 Å². The SMILES string of the molecule is CC(C)C[C@H](N)C(=O)N([C@@H]1CC[C@H]2CN(Cc3cccc(C(F)(F)F)c3)C[C@H]21)S(=O)(=O)C(C)C. The van der Waals surface area contributed by atoms with Crippen molar-refractivity contribution in [3.63, 3.8) is 0 Å². The molecule has 2 aliphatic rings. The number of amides is 1. The lowest BCUT2D eigenvalue weighted by atomic mass is 9.97. The van der Waals surface area contributed by atoms with Gasteiger partial charge in [-0.05, 0) is 62.5 Å². The number of nitrogens with zero attached hydrogens (tertiary/aromatic N) is 2. The van der Waals surface area contributed by atoms with E-state index in [4.69, 9.17) is 5.73 Å². The number of carbonyl (C=O) groups excluding carboxylic acids is 1. The summed E-state index contributed by atoms with van der Waals surface area (Å²) in [6, 6.07) is 3.92. The van der Waals surface area contributed by atoms with Crippen molar-refractivity contribution in [3.8, 4) is 0 Å². The van der Waals surface area contributed by atoms with Crippen LogP contribution in [0.15, 0.2) is 24.3 Å². The van der Waals surface area contributed by atoms with Crippen LogP contribution in [0.2, 0.25) is 0 Å². The molecular formula is C24H36F3N3O3S. The molecule has 1 amide bonds. The second kappa shape index (κ2) is 10.1. The number of alkyl halides is 3. The van der Waals surface area contributed by atoms with E-state index in [1.165, 1.54) is 6.07 Å². The molecule has 0 aromatic heterocycles. The summed E-state index contributed by atoms with van der Waals surface area (Å²) in [6.07, 6.45) is -2.65. The predicted molar refractivity (Wildman–Crippen MR) is 125 cm³/mol. The molecule has 6 nitrogen and oxygen atoms in total. The summed E-state index contributed by atoms with van der Waals surface area (Å²) >= 11 is 0. The van der Waals surface area contributed by atoms with E-state index >= 15 is 0 Å². The Morgan fingerprint density at radius 1 is 1.18 bits per heavy atom. The van der Waals surface area contributed by atoms with Gasteiger partial charge in [0, 0.05) is 19.6 Å². The van der Waals surface area contributed by atoms with Crippen molar-refractivity contribution in [2.75, 3.05) is 13.1 Å². The zero-order valence-corrected chi connectivity index (χ0v) is 21.1. The maximum absolute atomic E-state index is 13.3. The van der Waals surface area contributed by atoms with Crippen LogP contribution in [-0.4, -0.2) is 54.0 Å². The van der Waals surface area contributed by atoms with E-state index in [9.17, 15) is 26.4 Å². The van der Waals surface area contributed by atoms with Gasteiger partial charge in [-0.3, -0.25) is 9.69 Å². The highest BCUT2D eigenvalue weighted by Crippen LogP contribution is 2.43. The first-order chi connectivity index (χ1) is 15.7. The standard InChI is InChI=1S/C24H36F3N3O3S/c1-15(2)10-21(28)23(31)30(34(32,33)16(3)4)22-9-8-18-13-29(14-20(18)22)12-17-6-5-7-19(11-17)24(25,26)27/h5-7,11,15-16,18,20-22H,8-10,12-14,28H2,1-4H3/t18-,20+,21-,22+/m0/s1. The average molecular weight is 504 g/mol. The number of nitrogens with two attached hydrogens (primary N) is 1. The summed E-state index contributed by atoms with van der Waals surface area (Å²) in [5.41, 5.74) is 6.02. The van der Waals surface area contributed by atoms with Crippen molar-refractivity contribution in [2.45, 2.75) is 77.0 Å². The number of fused-ring (bicyclic) bond motifs is 1. The van der Waals surface area contributed by atoms with E-state index in [1.807, 2.05) is 13.8 Å². The van der Waals surface area contributed by atoms with Crippen LogP contribution in [0.1, 0.15) is 58.1 Å². The van der Waals surface area contributed by atoms with Gasteiger partial charge < -0.3 is 5.73 Å². The molecule has 1 aromatic carbocycles. The molecule has 1 saturated carbocycles. The Balaban J connectivity index is 1.80. The van der Waals surface area contributed by atoms with Crippen molar-refractivity contribution in [1.29, 1.82) is 0 Å². The molecule has 1 aromatic rings. The fourth-order valence-corrected chi connectivity index (χ4v) is 6.81. The van der Waals surface area contributed by atoms with Crippen molar-refractivity contribution >= 4 is 15.9 Å². The highest BCUT2D eigenvalue weighted by Gasteiger charge is 2.50. The number of rotatable bonds is 8. The van der Waals surface area contributed by atoms with E-state index in [1.54, 1.807) is 19.9 Å². The summed E-state index contributed by atoms with van der Waals surface area (Å²) in [7, 11) is -3.88. The number of sulfonamides is 1. The van der Waals surface area contributed by atoms with Crippen LogP contribution in [0.5, 0.6) is 0 Å². The molecule has 0 radical (unpaired) electrons. The zero-order valence-electron chi connectivity index (χ0n) is 20.3. The summed E-state index contributed by atoms with van der Waals surface area (Å²) in [5, 5.41) is -0.760. The molecule has 34 heavy (non-hydrogen) atoms. The molecule has 2 N–H and O–H groups in total. The fourth-order valence-electron chi connectivity index (χ4n) is 5.33. The zero-order chi connectivity index (χ0) is 25.4. The molecule has 10 heteroatoms. The van der Waals surface area contributed by atoms with Crippen LogP contribution < -0.4 is 5.73 Å². The summed E-state index contributed by atoms with van der Waals surface area (Å²) in [5.74, 6) is -0.276. The number of hydrogen-bond donors (Lipinski definition) is 1. The van der Waals surface area contributed by atoms with Crippen LogP contribution in [0.3, 0.4) is 0 Å². The average Bonchev–Trinajstić information content (AvgIpc) is 3.28. The molecule has 4 atom stereocenters. The molecule has 0 unspecified atom stereocenters. The maximum Gasteiger partial charge on any atom is 0.416 e. The predicted octanol–water partition coefficient (Wildman–Crippen LogP) is 3.86. The van der Waals surface area contributed by atoms with Gasteiger partial charge in [-0.2, -0.15) is 13.2 Å². The number of benzene rings is 1. The Labute approximate surface area is 200 Å². The highest BCUT2D eigenvalue weighted by molar-refractivity contribution is 7.90. The largest absolute Gasteiger partial charge is 0.416 e. The van der Waals surface area contributed by atoms with E-state index in [0.29, 0.717) is 38.0 Å². The molecule has 1 aliphatic heterocycles. The lowest BCUT2D eigenvalue weighted by molar-refractivity contribution is -0.137. The summed E-state index contributed by atoms with van der Waals surface area (Å²) < 4.78 is 66.9. The molecule has 0 bridgehead atoms. The Morgan fingerprint density at radius 2 is 1.85 bits per heavy atom. The fraction of sp³-hybridized carbons (Fsp3) is 0.708. The normalized spacial score (nSPS) is 24.6. The van der Waals surface area contributed by atoms with Crippen LogP contribution >= 0.6 is 0 Å². The molecule has 192 valence electrons. The number of likely N-dealkylation sites (tertiary alicyclic amines) is 1. The van der Waals surface area contributed by atoms with Crippen molar-refractivity contribution in [3.05, 3.63) is 35.4 Å². The molecule has 0 spiro atoms. The summed E-state index contributed by atoms with van der Waals surface area (Å²) in [4.78, 5) is 15.4. The number of carbonyl (C=O) groups is 1. The summed E-state index contributed by atoms with van der Waals surface area (Å²) in [6.45, 7) is 8.53. The maximum atomic E-state index is 13.3. The Hall–Kier alpha value is -1.65. The molecule has 1 heterocycles. The third kappa shape index (κ3) is 5.76. The van der Waals surface area contributed by atoms with Gasteiger partial charge in [-0.25, -0.2) is 12.7 Å². The highest BCUT2D eigenvalue weighted by atomic mass is 32.2. The van der Waals surface area contributed by atoms with Crippen LogP contribution in [-0.2, 0) is 27.5 Å². The van der Waals surface area contributed by atoms with Crippen molar-refractivity contribution in [1.82, 2.24) is 9.21 Å². The van der Waals surface area contributed by atoms with Crippen molar-refractivity contribution in [2.24, 2.45) is 23.5 Å². The van der Waals surface area contributed by atoms with Crippen LogP contribution in [0, 0.1) is 17.8 Å². The number of halogens is 3.